The minimum Gasteiger partial charge on any atom is -0.339 e. The minimum atomic E-state index is -3.84. The highest BCUT2D eigenvalue weighted by Crippen LogP contribution is 2.28. The van der Waals surface area contributed by atoms with Gasteiger partial charge in [0.25, 0.3) is 5.91 Å². The molecule has 1 aromatic rings. The summed E-state index contributed by atoms with van der Waals surface area (Å²) in [6, 6.07) is 3.19. The maximum atomic E-state index is 12.9. The number of nitrogens with two attached hydrogens (primary N) is 1. The molecule has 0 saturated carbocycles. The van der Waals surface area contributed by atoms with Gasteiger partial charge in [0, 0.05) is 18.7 Å². The van der Waals surface area contributed by atoms with Crippen LogP contribution in [0, 0.1) is 25.7 Å². The van der Waals surface area contributed by atoms with Gasteiger partial charge in [-0.2, -0.15) is 0 Å². The molecule has 0 aromatic heterocycles. The third-order valence-electron chi connectivity index (χ3n) is 5.48. The topological polar surface area (TPSA) is 92.5 Å². The summed E-state index contributed by atoms with van der Waals surface area (Å²) in [5, 5.41) is 8.72. The lowest BCUT2D eigenvalue weighted by molar-refractivity contribution is 0.0758. The summed E-state index contributed by atoms with van der Waals surface area (Å²) in [7, 11) is -3.84. The van der Waals surface area contributed by atoms with Gasteiger partial charge < -0.3 is 10.2 Å². The normalized spacial score (nSPS) is 23.6. The molecule has 2 aliphatic heterocycles. The summed E-state index contributed by atoms with van der Waals surface area (Å²) in [5.74, 6) is 1.18. The number of carbonyl (C=O) groups excluding carboxylic acids is 1. The van der Waals surface area contributed by atoms with Gasteiger partial charge >= 0.3 is 0 Å². The van der Waals surface area contributed by atoms with Crippen molar-refractivity contribution in [2.24, 2.45) is 17.0 Å². The molecule has 0 unspecified atom stereocenters. The number of amides is 1. The number of fused-ring (bicyclic) bond motifs is 1. The van der Waals surface area contributed by atoms with E-state index in [9.17, 15) is 13.2 Å². The second-order valence-electron chi connectivity index (χ2n) is 7.01. The number of primary sulfonamides is 1. The fourth-order valence-electron chi connectivity index (χ4n) is 3.85. The number of halogens is 1. The Hall–Kier alpha value is -1.15. The average Bonchev–Trinajstić information content (AvgIpc) is 2.86. The van der Waals surface area contributed by atoms with Gasteiger partial charge in [-0.25, -0.2) is 13.6 Å². The monoisotopic (exact) mass is 387 g/mol. The van der Waals surface area contributed by atoms with Gasteiger partial charge in [-0.3, -0.25) is 4.79 Å². The Morgan fingerprint density at radius 2 is 1.72 bits per heavy atom. The molecule has 25 heavy (non-hydrogen) atoms. The maximum Gasteiger partial charge on any atom is 0.253 e. The first kappa shape index (κ1) is 20.2. The molecule has 2 fully saturated rings. The zero-order valence-corrected chi connectivity index (χ0v) is 16.3. The van der Waals surface area contributed by atoms with Gasteiger partial charge in [0.05, 0.1) is 4.90 Å². The van der Waals surface area contributed by atoms with E-state index < -0.39 is 10.0 Å². The van der Waals surface area contributed by atoms with Crippen LogP contribution >= 0.6 is 12.4 Å². The number of hydrogen-bond acceptors (Lipinski definition) is 4. The van der Waals surface area contributed by atoms with E-state index in [0.29, 0.717) is 23.0 Å². The van der Waals surface area contributed by atoms with Crippen LogP contribution in [0.15, 0.2) is 17.0 Å². The van der Waals surface area contributed by atoms with E-state index in [2.05, 4.69) is 5.32 Å². The number of nitrogens with zero attached hydrogens (tertiary/aromatic N) is 1. The van der Waals surface area contributed by atoms with Gasteiger partial charge in [-0.15, -0.1) is 12.4 Å². The summed E-state index contributed by atoms with van der Waals surface area (Å²) in [6.45, 7) is 7.03. The molecule has 1 aromatic carbocycles. The van der Waals surface area contributed by atoms with Gasteiger partial charge in [0.15, 0.2) is 0 Å². The predicted molar refractivity (Wildman–Crippen MR) is 99.5 cm³/mol. The molecule has 140 valence electrons. The smallest absolute Gasteiger partial charge is 0.253 e. The number of carbonyl (C=O) groups is 1. The number of benzene rings is 1. The van der Waals surface area contributed by atoms with Crippen LogP contribution in [-0.4, -0.2) is 45.4 Å². The Kier molecular flexibility index (Phi) is 6.14. The van der Waals surface area contributed by atoms with Gasteiger partial charge in [0.2, 0.25) is 10.0 Å². The van der Waals surface area contributed by atoms with Crippen molar-refractivity contribution < 1.29 is 13.2 Å². The molecule has 3 N–H and O–H groups in total. The summed E-state index contributed by atoms with van der Waals surface area (Å²) < 4.78 is 23.6. The summed E-state index contributed by atoms with van der Waals surface area (Å²) in [4.78, 5) is 14.8. The second kappa shape index (κ2) is 7.61. The van der Waals surface area contributed by atoms with Crippen LogP contribution in [-0.2, 0) is 10.0 Å². The number of sulfonamides is 1. The molecule has 0 bridgehead atoms. The van der Waals surface area contributed by atoms with Crippen molar-refractivity contribution in [3.63, 3.8) is 0 Å². The van der Waals surface area contributed by atoms with Crippen molar-refractivity contribution in [3.05, 3.63) is 28.8 Å². The van der Waals surface area contributed by atoms with Gasteiger partial charge in [0.1, 0.15) is 0 Å². The maximum absolute atomic E-state index is 12.9. The largest absolute Gasteiger partial charge is 0.339 e. The SMILES string of the molecule is Cc1cc(C(=O)N2CC[C@@H]3CNC[C@@H]3CC2)cc(S(N)(=O)=O)c1C.Cl. The lowest BCUT2D eigenvalue weighted by Crippen LogP contribution is -2.33. The Bertz CT molecular complexity index is 753. The molecular formula is C17H26ClN3O3S. The summed E-state index contributed by atoms with van der Waals surface area (Å²) in [6.07, 6.45) is 1.99. The van der Waals surface area contributed by atoms with E-state index in [4.69, 9.17) is 5.14 Å². The third kappa shape index (κ3) is 4.16. The molecule has 1 amide bonds. The molecule has 8 heteroatoms. The standard InChI is InChI=1S/C17H25N3O3S.ClH/c1-11-7-15(8-16(12(11)2)24(18,22)23)17(21)20-5-3-13-9-19-10-14(13)4-6-20;/h7-8,13-14,19H,3-6,9-10H2,1-2H3,(H2,18,22,23);1H/t13-,14+;. The molecule has 2 saturated heterocycles. The predicted octanol–water partition coefficient (Wildman–Crippen LogP) is 1.44. The first-order chi connectivity index (χ1) is 11.3. The number of rotatable bonds is 2. The van der Waals surface area contributed by atoms with Crippen LogP contribution in [0.25, 0.3) is 0 Å². The Balaban J connectivity index is 0.00000225. The fraction of sp³-hybridized carbons (Fsp3) is 0.588. The molecule has 6 nitrogen and oxygen atoms in total. The molecular weight excluding hydrogens is 362 g/mol. The molecule has 2 heterocycles. The van der Waals surface area contributed by atoms with Crippen molar-refractivity contribution in [1.29, 1.82) is 0 Å². The van der Waals surface area contributed by atoms with E-state index >= 15 is 0 Å². The van der Waals surface area contributed by atoms with E-state index in [-0.39, 0.29) is 23.2 Å². The van der Waals surface area contributed by atoms with Crippen molar-refractivity contribution in [3.8, 4) is 0 Å². The zero-order chi connectivity index (χ0) is 17.5. The van der Waals surface area contributed by atoms with Crippen LogP contribution in [0.4, 0.5) is 0 Å². The van der Waals surface area contributed by atoms with Crippen molar-refractivity contribution in [2.45, 2.75) is 31.6 Å². The molecule has 0 spiro atoms. The molecule has 0 radical (unpaired) electrons. The third-order valence-corrected chi connectivity index (χ3v) is 6.52. The molecule has 0 aliphatic carbocycles. The molecule has 2 aliphatic rings. The van der Waals surface area contributed by atoms with Gasteiger partial charge in [-0.1, -0.05) is 0 Å². The lowest BCUT2D eigenvalue weighted by Gasteiger charge is -2.22. The Morgan fingerprint density at radius 1 is 1.16 bits per heavy atom. The molecule has 2 atom stereocenters. The second-order valence-corrected chi connectivity index (χ2v) is 8.54. The summed E-state index contributed by atoms with van der Waals surface area (Å²) in [5.41, 5.74) is 1.78. The first-order valence-electron chi connectivity index (χ1n) is 8.41. The number of hydrogen-bond donors (Lipinski definition) is 2. The number of nitrogens with one attached hydrogen (secondary N) is 1. The van der Waals surface area contributed by atoms with E-state index in [1.165, 1.54) is 6.07 Å². The van der Waals surface area contributed by atoms with E-state index in [0.717, 1.165) is 44.6 Å². The summed E-state index contributed by atoms with van der Waals surface area (Å²) >= 11 is 0. The van der Waals surface area contributed by atoms with Crippen molar-refractivity contribution >= 4 is 28.3 Å². The van der Waals surface area contributed by atoms with Crippen LogP contribution in [0.1, 0.15) is 34.3 Å². The van der Waals surface area contributed by atoms with Crippen LogP contribution in [0.2, 0.25) is 0 Å². The van der Waals surface area contributed by atoms with E-state index in [1.54, 1.807) is 19.9 Å². The Morgan fingerprint density at radius 3 is 2.24 bits per heavy atom. The lowest BCUT2D eigenvalue weighted by atomic mass is 9.92. The highest BCUT2D eigenvalue weighted by Gasteiger charge is 2.32. The van der Waals surface area contributed by atoms with Crippen molar-refractivity contribution in [2.75, 3.05) is 26.2 Å². The van der Waals surface area contributed by atoms with Gasteiger partial charge in [-0.05, 0) is 74.9 Å². The van der Waals surface area contributed by atoms with Crippen LogP contribution < -0.4 is 10.5 Å². The first-order valence-corrected chi connectivity index (χ1v) is 9.96. The zero-order valence-electron chi connectivity index (χ0n) is 14.6. The average molecular weight is 388 g/mol. The highest BCUT2D eigenvalue weighted by atomic mass is 35.5. The molecule has 3 rings (SSSR count). The highest BCUT2D eigenvalue weighted by molar-refractivity contribution is 7.89. The van der Waals surface area contributed by atoms with Crippen LogP contribution in [0.3, 0.4) is 0 Å². The van der Waals surface area contributed by atoms with Crippen LogP contribution in [0.5, 0.6) is 0 Å². The minimum absolute atomic E-state index is 0. The quantitative estimate of drug-likeness (QED) is 0.803. The number of aryl methyl sites for hydroxylation is 1. The van der Waals surface area contributed by atoms with E-state index in [1.807, 2.05) is 4.90 Å². The van der Waals surface area contributed by atoms with Crippen molar-refractivity contribution in [1.82, 2.24) is 10.2 Å². The number of likely N-dealkylation sites (tertiary alicyclic amines) is 1. The fourth-order valence-corrected chi connectivity index (χ4v) is 4.73. The Labute approximate surface area is 155 Å².